The summed E-state index contributed by atoms with van der Waals surface area (Å²) in [6.45, 7) is 15.9. The Hall–Kier alpha value is -1.71. The molecule has 9 heteroatoms. The van der Waals surface area contributed by atoms with Gasteiger partial charge < -0.3 is 30.2 Å². The summed E-state index contributed by atoms with van der Waals surface area (Å²) in [6.07, 6.45) is 4.48. The van der Waals surface area contributed by atoms with E-state index in [-0.39, 0.29) is 74.9 Å². The van der Waals surface area contributed by atoms with E-state index in [0.717, 1.165) is 25.7 Å². The largest absolute Gasteiger partial charge is 0.379 e. The zero-order chi connectivity index (χ0) is 27.6. The van der Waals surface area contributed by atoms with E-state index in [0.29, 0.717) is 6.61 Å². The van der Waals surface area contributed by atoms with E-state index >= 15 is 0 Å². The number of hydrogen-bond acceptors (Lipinski definition) is 6. The summed E-state index contributed by atoms with van der Waals surface area (Å²) in [5.41, 5.74) is -0.440. The quantitative estimate of drug-likeness (QED) is 0.214. The molecule has 0 aliphatic rings. The third-order valence-electron chi connectivity index (χ3n) is 5.66. The third-order valence-corrected chi connectivity index (χ3v) is 5.66. The molecular formula is C27H53N3O6. The van der Waals surface area contributed by atoms with Gasteiger partial charge in [0.25, 0.3) is 0 Å². The summed E-state index contributed by atoms with van der Waals surface area (Å²) in [7, 11) is 1.58. The van der Waals surface area contributed by atoms with Crippen LogP contribution in [0, 0.1) is 5.41 Å². The lowest BCUT2D eigenvalue weighted by atomic mass is 9.93. The average Bonchev–Trinajstić information content (AvgIpc) is 2.77. The predicted molar refractivity (Wildman–Crippen MR) is 143 cm³/mol. The van der Waals surface area contributed by atoms with Gasteiger partial charge in [-0.1, -0.05) is 41.0 Å². The number of amides is 3. The minimum atomic E-state index is -0.604. The predicted octanol–water partition coefficient (Wildman–Crippen LogP) is 3.35. The standard InChI is InChI=1S/C27H53N3O6/c1-9-11-21(10-2)29-24(32)13-16-35-20-22(19-34-15-12-23(31)28-8)30-25(33)18-27(6,7)36-17-14-26(3,4)5/h21-22H,9-20H2,1-8H3,(H,28,31)(H,29,32)(H,30,33). The number of rotatable bonds is 20. The first kappa shape index (κ1) is 34.3. The van der Waals surface area contributed by atoms with E-state index in [9.17, 15) is 14.4 Å². The number of ether oxygens (including phenoxy) is 3. The van der Waals surface area contributed by atoms with Gasteiger partial charge in [-0.2, -0.15) is 0 Å². The van der Waals surface area contributed by atoms with Gasteiger partial charge in [-0.25, -0.2) is 0 Å². The second-order valence-electron chi connectivity index (χ2n) is 11.1. The van der Waals surface area contributed by atoms with E-state index < -0.39 is 11.6 Å². The second-order valence-corrected chi connectivity index (χ2v) is 11.1. The highest BCUT2D eigenvalue weighted by atomic mass is 16.5. The molecule has 0 aromatic heterocycles. The Kier molecular flexibility index (Phi) is 17.6. The smallest absolute Gasteiger partial charge is 0.223 e. The summed E-state index contributed by atoms with van der Waals surface area (Å²) >= 11 is 0. The van der Waals surface area contributed by atoms with Crippen LogP contribution in [0.2, 0.25) is 0 Å². The topological polar surface area (TPSA) is 115 Å². The first-order chi connectivity index (χ1) is 16.8. The zero-order valence-electron chi connectivity index (χ0n) is 24.1. The van der Waals surface area contributed by atoms with Crippen molar-refractivity contribution in [3.8, 4) is 0 Å². The van der Waals surface area contributed by atoms with Gasteiger partial charge >= 0.3 is 0 Å². The maximum absolute atomic E-state index is 12.7. The van der Waals surface area contributed by atoms with Crippen LogP contribution in [0.1, 0.15) is 93.4 Å². The van der Waals surface area contributed by atoms with E-state index in [1.165, 1.54) is 0 Å². The Morgan fingerprint density at radius 2 is 1.33 bits per heavy atom. The van der Waals surface area contributed by atoms with Gasteiger partial charge in [0.15, 0.2) is 0 Å². The summed E-state index contributed by atoms with van der Waals surface area (Å²) in [5, 5.41) is 8.54. The molecule has 0 fully saturated rings. The van der Waals surface area contributed by atoms with Crippen molar-refractivity contribution in [1.29, 1.82) is 0 Å². The molecule has 0 aromatic rings. The highest BCUT2D eigenvalue weighted by Gasteiger charge is 2.25. The molecule has 0 heterocycles. The van der Waals surface area contributed by atoms with Crippen molar-refractivity contribution in [2.24, 2.45) is 5.41 Å². The van der Waals surface area contributed by atoms with Gasteiger partial charge in [-0.3, -0.25) is 14.4 Å². The molecule has 0 saturated carbocycles. The van der Waals surface area contributed by atoms with Crippen molar-refractivity contribution in [2.75, 3.05) is 40.1 Å². The molecule has 3 N–H and O–H groups in total. The highest BCUT2D eigenvalue weighted by molar-refractivity contribution is 5.77. The Balaban J connectivity index is 4.69. The molecule has 2 atom stereocenters. The molecule has 9 nitrogen and oxygen atoms in total. The molecule has 3 amide bonds. The van der Waals surface area contributed by atoms with Gasteiger partial charge in [0.05, 0.1) is 44.5 Å². The zero-order valence-corrected chi connectivity index (χ0v) is 24.1. The number of hydrogen-bond donors (Lipinski definition) is 3. The summed E-state index contributed by atoms with van der Waals surface area (Å²) in [6, 6.07) is -0.212. The maximum Gasteiger partial charge on any atom is 0.223 e. The van der Waals surface area contributed by atoms with E-state index in [1.807, 2.05) is 13.8 Å². The fourth-order valence-electron chi connectivity index (χ4n) is 3.41. The van der Waals surface area contributed by atoms with Gasteiger partial charge in [0.2, 0.25) is 17.7 Å². The van der Waals surface area contributed by atoms with Gasteiger partial charge in [-0.15, -0.1) is 0 Å². The Morgan fingerprint density at radius 3 is 1.83 bits per heavy atom. The summed E-state index contributed by atoms with van der Waals surface area (Å²) in [5.74, 6) is -0.310. The molecule has 0 saturated heterocycles. The van der Waals surface area contributed by atoms with Crippen LogP contribution in [0.5, 0.6) is 0 Å². The van der Waals surface area contributed by atoms with Gasteiger partial charge in [0, 0.05) is 32.5 Å². The molecule has 0 rings (SSSR count). The molecule has 0 aliphatic heterocycles. The van der Waals surface area contributed by atoms with E-state index in [2.05, 4.69) is 50.6 Å². The fourth-order valence-corrected chi connectivity index (χ4v) is 3.41. The van der Waals surface area contributed by atoms with Crippen LogP contribution >= 0.6 is 0 Å². The van der Waals surface area contributed by atoms with Crippen LogP contribution in [0.25, 0.3) is 0 Å². The summed E-state index contributed by atoms with van der Waals surface area (Å²) in [4.78, 5) is 36.3. The Labute approximate surface area is 219 Å². The van der Waals surface area contributed by atoms with Crippen LogP contribution in [-0.4, -0.2) is 75.5 Å². The minimum absolute atomic E-state index is 0.0353. The molecule has 0 aliphatic carbocycles. The molecule has 0 aromatic carbocycles. The fraction of sp³-hybridized carbons (Fsp3) is 0.889. The molecule has 212 valence electrons. The molecule has 2 unspecified atom stereocenters. The lowest BCUT2D eigenvalue weighted by Gasteiger charge is -2.28. The van der Waals surface area contributed by atoms with Crippen LogP contribution in [0.4, 0.5) is 0 Å². The van der Waals surface area contributed by atoms with Crippen LogP contribution in [0.15, 0.2) is 0 Å². The number of carbonyl (C=O) groups is 3. The lowest BCUT2D eigenvalue weighted by molar-refractivity contribution is -0.130. The molecule has 0 spiro atoms. The monoisotopic (exact) mass is 515 g/mol. The maximum atomic E-state index is 12.7. The summed E-state index contributed by atoms with van der Waals surface area (Å²) < 4.78 is 17.3. The number of carbonyl (C=O) groups excluding carboxylic acids is 3. The third kappa shape index (κ3) is 19.5. The van der Waals surface area contributed by atoms with Crippen LogP contribution < -0.4 is 16.0 Å². The van der Waals surface area contributed by atoms with E-state index in [4.69, 9.17) is 14.2 Å². The second kappa shape index (κ2) is 18.5. The van der Waals surface area contributed by atoms with Crippen molar-refractivity contribution in [2.45, 2.75) is 111 Å². The van der Waals surface area contributed by atoms with Gasteiger partial charge in [-0.05, 0) is 38.5 Å². The average molecular weight is 516 g/mol. The SMILES string of the molecule is CCCC(CC)NC(=O)CCOCC(COCCC(=O)NC)NC(=O)CC(C)(C)OCCC(C)(C)C. The van der Waals surface area contributed by atoms with Crippen molar-refractivity contribution < 1.29 is 28.6 Å². The lowest BCUT2D eigenvalue weighted by Crippen LogP contribution is -2.44. The molecule has 0 bridgehead atoms. The van der Waals surface area contributed by atoms with Crippen molar-refractivity contribution in [3.63, 3.8) is 0 Å². The minimum Gasteiger partial charge on any atom is -0.379 e. The number of nitrogens with one attached hydrogen (secondary N) is 3. The highest BCUT2D eigenvalue weighted by Crippen LogP contribution is 2.21. The molecular weight excluding hydrogens is 462 g/mol. The molecule has 36 heavy (non-hydrogen) atoms. The normalized spacial score (nSPS) is 13.7. The molecule has 0 radical (unpaired) electrons. The first-order valence-corrected chi connectivity index (χ1v) is 13.4. The van der Waals surface area contributed by atoms with E-state index in [1.54, 1.807) is 7.05 Å². The van der Waals surface area contributed by atoms with Gasteiger partial charge in [0.1, 0.15) is 0 Å². The van der Waals surface area contributed by atoms with Crippen molar-refractivity contribution in [1.82, 2.24) is 16.0 Å². The van der Waals surface area contributed by atoms with Crippen molar-refractivity contribution >= 4 is 17.7 Å². The van der Waals surface area contributed by atoms with Crippen LogP contribution in [-0.2, 0) is 28.6 Å². The van der Waals surface area contributed by atoms with Crippen molar-refractivity contribution in [3.05, 3.63) is 0 Å². The first-order valence-electron chi connectivity index (χ1n) is 13.4. The Morgan fingerprint density at radius 1 is 0.778 bits per heavy atom. The van der Waals surface area contributed by atoms with Crippen LogP contribution in [0.3, 0.4) is 0 Å². The Bertz CT molecular complexity index is 633.